The summed E-state index contributed by atoms with van der Waals surface area (Å²) in [5, 5.41) is 14.9. The van der Waals surface area contributed by atoms with Crippen LogP contribution in [0.25, 0.3) is 11.3 Å². The van der Waals surface area contributed by atoms with Crippen molar-refractivity contribution in [2.24, 2.45) is 5.92 Å². The van der Waals surface area contributed by atoms with Gasteiger partial charge in [-0.2, -0.15) is 0 Å². The fraction of sp³-hybridized carbons (Fsp3) is 0.438. The van der Waals surface area contributed by atoms with E-state index in [0.717, 1.165) is 42.0 Å². The Labute approximate surface area is 119 Å². The van der Waals surface area contributed by atoms with Crippen LogP contribution in [0.3, 0.4) is 0 Å². The maximum atomic E-state index is 10.7. The van der Waals surface area contributed by atoms with Crippen LogP contribution in [0.2, 0.25) is 0 Å². The summed E-state index contributed by atoms with van der Waals surface area (Å²) in [6.07, 6.45) is 1.29. The summed E-state index contributed by atoms with van der Waals surface area (Å²) in [4.78, 5) is 2.12. The monoisotopic (exact) mass is 272 g/mol. The van der Waals surface area contributed by atoms with Crippen molar-refractivity contribution in [2.75, 3.05) is 20.6 Å². The second-order valence-electron chi connectivity index (χ2n) is 5.74. The first kappa shape index (κ1) is 13.3. The summed E-state index contributed by atoms with van der Waals surface area (Å²) in [5.74, 6) is 1.07. The molecule has 0 amide bonds. The highest BCUT2D eigenvalue weighted by Gasteiger charge is 2.34. The zero-order valence-electron chi connectivity index (χ0n) is 11.9. The van der Waals surface area contributed by atoms with E-state index in [0.29, 0.717) is 0 Å². The molecule has 0 saturated heterocycles. The Kier molecular flexibility index (Phi) is 3.59. The van der Waals surface area contributed by atoms with Crippen molar-refractivity contribution < 1.29 is 9.63 Å². The molecule has 20 heavy (non-hydrogen) atoms. The number of aliphatic hydroxyl groups excluding tert-OH is 1. The Morgan fingerprint density at radius 1 is 1.30 bits per heavy atom. The molecule has 3 rings (SSSR count). The van der Waals surface area contributed by atoms with E-state index < -0.39 is 6.10 Å². The quantitative estimate of drug-likeness (QED) is 0.932. The van der Waals surface area contributed by atoms with Crippen LogP contribution in [0, 0.1) is 5.92 Å². The number of nitrogens with zero attached hydrogens (tertiary/aromatic N) is 2. The van der Waals surface area contributed by atoms with Crippen LogP contribution in [0.4, 0.5) is 0 Å². The second kappa shape index (κ2) is 5.38. The van der Waals surface area contributed by atoms with Gasteiger partial charge in [-0.1, -0.05) is 35.5 Å². The fourth-order valence-corrected chi connectivity index (χ4v) is 2.99. The van der Waals surface area contributed by atoms with Crippen molar-refractivity contribution >= 4 is 0 Å². The molecule has 1 aromatic carbocycles. The summed E-state index contributed by atoms with van der Waals surface area (Å²) in [7, 11) is 4.07. The van der Waals surface area contributed by atoms with Crippen LogP contribution in [-0.2, 0) is 6.42 Å². The van der Waals surface area contributed by atoms with Gasteiger partial charge in [0.05, 0.1) is 11.7 Å². The van der Waals surface area contributed by atoms with Gasteiger partial charge in [-0.15, -0.1) is 0 Å². The molecule has 4 heteroatoms. The molecule has 0 fully saturated rings. The van der Waals surface area contributed by atoms with E-state index >= 15 is 0 Å². The molecule has 0 bridgehead atoms. The third kappa shape index (κ3) is 2.37. The second-order valence-corrected chi connectivity index (χ2v) is 5.74. The molecule has 1 heterocycles. The largest absolute Gasteiger partial charge is 0.388 e. The van der Waals surface area contributed by atoms with Gasteiger partial charge in [0.25, 0.3) is 0 Å². The third-order valence-corrected chi connectivity index (χ3v) is 3.93. The topological polar surface area (TPSA) is 49.5 Å². The molecule has 2 atom stereocenters. The molecular weight excluding hydrogens is 252 g/mol. The molecule has 1 N–H and O–H groups in total. The Morgan fingerprint density at radius 2 is 2.05 bits per heavy atom. The molecule has 0 saturated carbocycles. The number of aromatic nitrogens is 1. The minimum absolute atomic E-state index is 0.236. The number of aryl methyl sites for hydroxylation is 1. The van der Waals surface area contributed by atoms with E-state index in [1.165, 1.54) is 0 Å². The molecule has 106 valence electrons. The van der Waals surface area contributed by atoms with Crippen molar-refractivity contribution in [3.8, 4) is 11.3 Å². The predicted molar refractivity (Wildman–Crippen MR) is 77.3 cm³/mol. The average molecular weight is 272 g/mol. The zero-order chi connectivity index (χ0) is 14.1. The SMILES string of the molecule is CN(C)C[C@H]1CCc2onc(-c3ccccc3)c2[C@H]1O. The van der Waals surface area contributed by atoms with Gasteiger partial charge in [-0.3, -0.25) is 0 Å². The van der Waals surface area contributed by atoms with Crippen LogP contribution < -0.4 is 0 Å². The highest BCUT2D eigenvalue weighted by molar-refractivity contribution is 5.64. The normalized spacial score (nSPS) is 22.0. The molecule has 1 aromatic heterocycles. The Bertz CT molecular complexity index is 577. The Balaban J connectivity index is 1.97. The number of aliphatic hydroxyl groups is 1. The average Bonchev–Trinajstić information content (AvgIpc) is 2.87. The molecule has 2 aromatic rings. The Hall–Kier alpha value is -1.65. The molecule has 1 aliphatic rings. The van der Waals surface area contributed by atoms with Crippen LogP contribution >= 0.6 is 0 Å². The Morgan fingerprint density at radius 3 is 2.75 bits per heavy atom. The number of rotatable bonds is 3. The van der Waals surface area contributed by atoms with E-state index in [1.807, 2.05) is 44.4 Å². The molecule has 0 aliphatic heterocycles. The third-order valence-electron chi connectivity index (χ3n) is 3.93. The zero-order valence-corrected chi connectivity index (χ0v) is 11.9. The molecule has 0 spiro atoms. The molecule has 0 radical (unpaired) electrons. The maximum Gasteiger partial charge on any atom is 0.143 e. The van der Waals surface area contributed by atoms with Gasteiger partial charge in [0.2, 0.25) is 0 Å². The smallest absolute Gasteiger partial charge is 0.143 e. The molecule has 0 unspecified atom stereocenters. The summed E-state index contributed by atoms with van der Waals surface area (Å²) in [5.41, 5.74) is 2.67. The van der Waals surface area contributed by atoms with Gasteiger partial charge >= 0.3 is 0 Å². The lowest BCUT2D eigenvalue weighted by atomic mass is 9.83. The standard InChI is InChI=1S/C16H20N2O2/c1-18(2)10-12-8-9-13-14(16(12)19)15(17-20-13)11-6-4-3-5-7-11/h3-7,12,16,19H,8-10H2,1-2H3/t12-,16+/m1/s1. The van der Waals surface area contributed by atoms with E-state index in [4.69, 9.17) is 4.52 Å². The first-order valence-corrected chi connectivity index (χ1v) is 7.03. The molecular formula is C16H20N2O2. The van der Waals surface area contributed by atoms with Gasteiger partial charge in [-0.05, 0) is 20.5 Å². The summed E-state index contributed by atoms with van der Waals surface area (Å²) < 4.78 is 5.44. The van der Waals surface area contributed by atoms with Crippen molar-refractivity contribution in [3.05, 3.63) is 41.7 Å². The van der Waals surface area contributed by atoms with Crippen LogP contribution in [0.5, 0.6) is 0 Å². The predicted octanol–water partition coefficient (Wildman–Crippen LogP) is 2.50. The van der Waals surface area contributed by atoms with E-state index in [-0.39, 0.29) is 5.92 Å². The fourth-order valence-electron chi connectivity index (χ4n) is 2.99. The minimum atomic E-state index is -0.498. The van der Waals surface area contributed by atoms with E-state index in [1.54, 1.807) is 0 Å². The lowest BCUT2D eigenvalue weighted by Gasteiger charge is -2.29. The van der Waals surface area contributed by atoms with Crippen LogP contribution in [0.15, 0.2) is 34.9 Å². The van der Waals surface area contributed by atoms with Gasteiger partial charge < -0.3 is 14.5 Å². The molecule has 1 aliphatic carbocycles. The van der Waals surface area contributed by atoms with Crippen molar-refractivity contribution in [1.82, 2.24) is 10.1 Å². The number of hydrogen-bond donors (Lipinski definition) is 1. The van der Waals surface area contributed by atoms with E-state index in [9.17, 15) is 5.11 Å². The van der Waals surface area contributed by atoms with Crippen LogP contribution in [0.1, 0.15) is 23.8 Å². The number of fused-ring (bicyclic) bond motifs is 1. The van der Waals surface area contributed by atoms with Crippen molar-refractivity contribution in [1.29, 1.82) is 0 Å². The molecule has 4 nitrogen and oxygen atoms in total. The lowest BCUT2D eigenvalue weighted by Crippen LogP contribution is -2.30. The van der Waals surface area contributed by atoms with Crippen molar-refractivity contribution in [2.45, 2.75) is 18.9 Å². The van der Waals surface area contributed by atoms with Crippen LogP contribution in [-0.4, -0.2) is 35.8 Å². The summed E-state index contributed by atoms with van der Waals surface area (Å²) in [6.45, 7) is 0.875. The van der Waals surface area contributed by atoms with E-state index in [2.05, 4.69) is 10.1 Å². The first-order chi connectivity index (χ1) is 9.66. The summed E-state index contributed by atoms with van der Waals surface area (Å²) in [6, 6.07) is 9.92. The summed E-state index contributed by atoms with van der Waals surface area (Å²) >= 11 is 0. The minimum Gasteiger partial charge on any atom is -0.388 e. The lowest BCUT2D eigenvalue weighted by molar-refractivity contribution is 0.0734. The number of benzene rings is 1. The first-order valence-electron chi connectivity index (χ1n) is 7.03. The van der Waals surface area contributed by atoms with Gasteiger partial charge in [-0.25, -0.2) is 0 Å². The van der Waals surface area contributed by atoms with Crippen molar-refractivity contribution in [3.63, 3.8) is 0 Å². The van der Waals surface area contributed by atoms with Gasteiger partial charge in [0.1, 0.15) is 11.5 Å². The number of hydrogen-bond acceptors (Lipinski definition) is 4. The van der Waals surface area contributed by atoms with Gasteiger partial charge in [0, 0.05) is 24.4 Å². The highest BCUT2D eigenvalue weighted by Crippen LogP contribution is 2.40. The van der Waals surface area contributed by atoms with Gasteiger partial charge in [0.15, 0.2) is 0 Å². The maximum absolute atomic E-state index is 10.7. The highest BCUT2D eigenvalue weighted by atomic mass is 16.5.